The molecule has 0 unspecified atom stereocenters. The molecule has 0 aromatic heterocycles. The van der Waals surface area contributed by atoms with E-state index in [2.05, 4.69) is 5.43 Å². The molecule has 0 aliphatic carbocycles. The lowest BCUT2D eigenvalue weighted by Gasteiger charge is -1.88. The van der Waals surface area contributed by atoms with Crippen molar-refractivity contribution in [2.45, 2.75) is 0 Å². The van der Waals surface area contributed by atoms with Gasteiger partial charge in [0, 0.05) is 0 Å². The van der Waals surface area contributed by atoms with Crippen LogP contribution in [-0.2, 0) is 0 Å². The fourth-order valence-electron chi connectivity index (χ4n) is 0.0456. The summed E-state index contributed by atoms with van der Waals surface area (Å²) in [4.78, 5) is 0. The van der Waals surface area contributed by atoms with Gasteiger partial charge in [-0.3, -0.25) is 0 Å². The summed E-state index contributed by atoms with van der Waals surface area (Å²) in [5.74, 6) is 0. The average Bonchev–Trinajstić information content (AvgIpc) is 1.41. The molecule has 32 valence electrons. The predicted octanol–water partition coefficient (Wildman–Crippen LogP) is -1.61. The van der Waals surface area contributed by atoms with Gasteiger partial charge in [0.25, 0.3) is 0 Å². The van der Waals surface area contributed by atoms with E-state index in [1.54, 1.807) is 5.59 Å². The third-order valence-electron chi connectivity index (χ3n) is 0.181. The molecule has 4 nitrogen and oxygen atoms in total. The van der Waals surface area contributed by atoms with Crippen molar-refractivity contribution in [3.8, 4) is 0 Å². The molecule has 0 fully saturated rings. The van der Waals surface area contributed by atoms with E-state index in [0.717, 1.165) is 0 Å². The Balaban J connectivity index is 2.19. The largest absolute Gasteiger partial charge is 0.317 e. The second kappa shape index (κ2) is 3.84. The lowest BCUT2D eigenvalue weighted by Crippen LogP contribution is -2.33. The second-order valence-electron chi connectivity index (χ2n) is 0.493. The van der Waals surface area contributed by atoms with Crippen molar-refractivity contribution in [2.24, 2.45) is 5.73 Å². The van der Waals surface area contributed by atoms with Gasteiger partial charge >= 0.3 is 0 Å². The third kappa shape index (κ3) is 3.84. The molecular weight excluding hydrogens is 70.0 g/mol. The van der Waals surface area contributed by atoms with Gasteiger partial charge in [-0.25, -0.2) is 5.43 Å². The molecule has 0 atom stereocenters. The highest BCUT2D eigenvalue weighted by Gasteiger charge is 1.60. The van der Waals surface area contributed by atoms with Crippen LogP contribution in [0.2, 0.25) is 0 Å². The minimum Gasteiger partial charge on any atom is -0.317 e. The maximum absolute atomic E-state index is 7.63. The van der Waals surface area contributed by atoms with Crippen molar-refractivity contribution in [1.29, 1.82) is 0 Å². The van der Waals surface area contributed by atoms with E-state index in [-0.39, 0.29) is 6.67 Å². The zero-order chi connectivity index (χ0) is 4.12. The normalized spacial score (nSPS) is 8.40. The van der Waals surface area contributed by atoms with Gasteiger partial charge in [0.05, 0.1) is 6.67 Å². The lowest BCUT2D eigenvalue weighted by molar-refractivity contribution is 0.122. The molecule has 0 heterocycles. The van der Waals surface area contributed by atoms with Crippen LogP contribution in [0, 0.1) is 0 Å². The molecule has 0 aromatic rings. The van der Waals surface area contributed by atoms with Gasteiger partial charge in [0.1, 0.15) is 0 Å². The fraction of sp³-hybridized carbons (Fsp3) is 1.00. The summed E-state index contributed by atoms with van der Waals surface area (Å²) >= 11 is 0. The minimum atomic E-state index is 0.233. The Morgan fingerprint density at radius 3 is 2.40 bits per heavy atom. The second-order valence-corrected chi connectivity index (χ2v) is 0.493. The highest BCUT2D eigenvalue weighted by atomic mass is 16.5. The zero-order valence-electron chi connectivity index (χ0n) is 2.73. The topological polar surface area (TPSA) is 70.3 Å². The van der Waals surface area contributed by atoms with Gasteiger partial charge in [-0.05, 0) is 0 Å². The third-order valence-corrected chi connectivity index (χ3v) is 0.181. The summed E-state index contributed by atoms with van der Waals surface area (Å²) in [7, 11) is 0. The molecule has 0 spiro atoms. The number of nitrogens with one attached hydrogen (secondary N) is 2. The molecule has 0 amide bonds. The van der Waals surface area contributed by atoms with Gasteiger partial charge in [-0.15, -0.1) is 5.59 Å². The first-order chi connectivity index (χ1) is 2.41. The Hall–Kier alpha value is -0.160. The summed E-state index contributed by atoms with van der Waals surface area (Å²) in [6.07, 6.45) is 0. The van der Waals surface area contributed by atoms with Gasteiger partial charge in [-0.2, -0.15) is 0 Å². The van der Waals surface area contributed by atoms with Gasteiger partial charge in [0.2, 0.25) is 0 Å². The van der Waals surface area contributed by atoms with E-state index >= 15 is 0 Å². The first-order valence-corrected chi connectivity index (χ1v) is 1.24. The molecule has 0 radical (unpaired) electrons. The highest BCUT2D eigenvalue weighted by molar-refractivity contribution is 4.08. The van der Waals surface area contributed by atoms with Crippen LogP contribution in [0.3, 0.4) is 0 Å². The Morgan fingerprint density at radius 1 is 1.80 bits per heavy atom. The summed E-state index contributed by atoms with van der Waals surface area (Å²) in [5.41, 5.74) is 8.64. The average molecular weight is 77.1 g/mol. The van der Waals surface area contributed by atoms with E-state index < -0.39 is 0 Å². The van der Waals surface area contributed by atoms with Crippen molar-refractivity contribution in [1.82, 2.24) is 11.0 Å². The first-order valence-electron chi connectivity index (χ1n) is 1.24. The summed E-state index contributed by atoms with van der Waals surface area (Å²) in [5, 5.41) is 7.63. The lowest BCUT2D eigenvalue weighted by atomic mass is 11.2. The number of nitrogens with two attached hydrogens (primary N) is 1. The maximum Gasteiger partial charge on any atom is 0.0586 e. The van der Waals surface area contributed by atoms with Crippen LogP contribution in [0.4, 0.5) is 0 Å². The fourth-order valence-corrected chi connectivity index (χ4v) is 0.0456. The van der Waals surface area contributed by atoms with Crippen molar-refractivity contribution >= 4 is 0 Å². The predicted molar refractivity (Wildman–Crippen MR) is 17.1 cm³/mol. The highest BCUT2D eigenvalue weighted by Crippen LogP contribution is 1.19. The summed E-state index contributed by atoms with van der Waals surface area (Å²) in [6, 6.07) is 0. The molecule has 0 aromatic carbocycles. The van der Waals surface area contributed by atoms with Gasteiger partial charge < -0.3 is 10.9 Å². The van der Waals surface area contributed by atoms with Crippen molar-refractivity contribution in [2.75, 3.05) is 6.67 Å². The van der Waals surface area contributed by atoms with E-state index in [1.165, 1.54) is 0 Å². The number of hydrogen-bond donors (Lipinski definition) is 4. The standard InChI is InChI=1S/CH7N3O/c2-1-3-4-5/h3-5H,1-2H2. The molecule has 5 heavy (non-hydrogen) atoms. The summed E-state index contributed by atoms with van der Waals surface area (Å²) < 4.78 is 0. The molecule has 0 aliphatic heterocycles. The van der Waals surface area contributed by atoms with Crippen LogP contribution in [-0.4, -0.2) is 11.9 Å². The summed E-state index contributed by atoms with van der Waals surface area (Å²) in [6.45, 7) is 0.233. The van der Waals surface area contributed by atoms with Crippen molar-refractivity contribution in [3.05, 3.63) is 0 Å². The molecule has 5 N–H and O–H groups in total. The van der Waals surface area contributed by atoms with Gasteiger partial charge in [-0.1, -0.05) is 0 Å². The van der Waals surface area contributed by atoms with E-state index in [9.17, 15) is 0 Å². The number of hydrazine groups is 1. The Kier molecular flexibility index (Phi) is 3.72. The Bertz CT molecular complexity index is 14.4. The molecule has 0 bridgehead atoms. The van der Waals surface area contributed by atoms with Gasteiger partial charge in [0.15, 0.2) is 0 Å². The smallest absolute Gasteiger partial charge is 0.0586 e. The molecule has 0 aliphatic rings. The molecule has 0 saturated heterocycles. The zero-order valence-corrected chi connectivity index (χ0v) is 2.73. The van der Waals surface area contributed by atoms with Crippen LogP contribution in [0.25, 0.3) is 0 Å². The Labute approximate surface area is 29.9 Å². The molecular formula is CH7N3O. The quantitative estimate of drug-likeness (QED) is 0.236. The van der Waals surface area contributed by atoms with Crippen LogP contribution in [0.1, 0.15) is 0 Å². The van der Waals surface area contributed by atoms with E-state index in [0.29, 0.717) is 0 Å². The SMILES string of the molecule is NCNNO. The van der Waals surface area contributed by atoms with Crippen LogP contribution in [0.15, 0.2) is 0 Å². The Morgan fingerprint density at radius 2 is 2.40 bits per heavy atom. The van der Waals surface area contributed by atoms with Crippen molar-refractivity contribution in [3.63, 3.8) is 0 Å². The van der Waals surface area contributed by atoms with Crippen LogP contribution in [0.5, 0.6) is 0 Å². The molecule has 0 saturated carbocycles. The minimum absolute atomic E-state index is 0.233. The molecule has 4 heteroatoms. The maximum atomic E-state index is 7.63. The van der Waals surface area contributed by atoms with Crippen molar-refractivity contribution < 1.29 is 5.21 Å². The van der Waals surface area contributed by atoms with Crippen LogP contribution >= 0.6 is 0 Å². The molecule has 0 rings (SSSR count). The monoisotopic (exact) mass is 77.1 g/mol. The van der Waals surface area contributed by atoms with Crippen LogP contribution < -0.4 is 16.7 Å². The van der Waals surface area contributed by atoms with E-state index in [1.807, 2.05) is 0 Å². The van der Waals surface area contributed by atoms with E-state index in [4.69, 9.17) is 10.9 Å². The first kappa shape index (κ1) is 4.84. The number of rotatable bonds is 2. The number of hydrogen-bond acceptors (Lipinski definition) is 4.